The number of nitrogens with zero attached hydrogens (tertiary/aromatic N) is 1. The van der Waals surface area contributed by atoms with Crippen molar-refractivity contribution < 1.29 is 30.6 Å². The fraction of sp³-hybridized carbons (Fsp3) is 0.588. The number of hydrogen-bond donors (Lipinski definition) is 1. The first kappa shape index (κ1) is 22.5. The topological polar surface area (TPSA) is 75.7 Å². The number of likely N-dealkylation sites (tertiary alicyclic amines) is 1. The second-order valence-corrected chi connectivity index (χ2v) is 9.36. The number of rotatable bonds is 5. The smallest absolute Gasteiger partial charge is 0.376 e. The van der Waals surface area contributed by atoms with Crippen LogP contribution in [0.15, 0.2) is 12.1 Å². The lowest BCUT2D eigenvalue weighted by Crippen LogP contribution is -2.40. The summed E-state index contributed by atoms with van der Waals surface area (Å²) in [7, 11) is -5.85. The summed E-state index contributed by atoms with van der Waals surface area (Å²) in [4.78, 5) is 14.5. The Morgan fingerprint density at radius 3 is 2.21 bits per heavy atom. The van der Waals surface area contributed by atoms with E-state index in [-0.39, 0.29) is 16.0 Å². The van der Waals surface area contributed by atoms with Crippen molar-refractivity contribution >= 4 is 39.2 Å². The summed E-state index contributed by atoms with van der Waals surface area (Å²) in [5.41, 5.74) is -5.20. The van der Waals surface area contributed by atoms with Crippen molar-refractivity contribution in [3.8, 4) is 5.75 Å². The van der Waals surface area contributed by atoms with Gasteiger partial charge in [0.25, 0.3) is 0 Å². The van der Waals surface area contributed by atoms with Gasteiger partial charge in [-0.2, -0.15) is 21.6 Å². The van der Waals surface area contributed by atoms with Crippen LogP contribution >= 0.6 is 23.2 Å². The highest BCUT2D eigenvalue weighted by atomic mass is 35.5. The van der Waals surface area contributed by atoms with Crippen molar-refractivity contribution in [3.63, 3.8) is 0 Å². The molecular weight excluding hydrogens is 456 g/mol. The van der Waals surface area contributed by atoms with Gasteiger partial charge in [-0.05, 0) is 32.4 Å². The molecule has 2 fully saturated rings. The molecule has 0 bridgehead atoms. The number of halogens is 5. The fourth-order valence-electron chi connectivity index (χ4n) is 3.81. The zero-order valence-corrected chi connectivity index (χ0v) is 17.5. The third-order valence-electron chi connectivity index (χ3n) is 5.09. The summed E-state index contributed by atoms with van der Waals surface area (Å²) in [6.07, 6.45) is 3.49. The van der Waals surface area contributed by atoms with Gasteiger partial charge in [-0.1, -0.05) is 29.6 Å². The Bertz CT molecular complexity index is 866. The van der Waals surface area contributed by atoms with Gasteiger partial charge in [0.2, 0.25) is 5.91 Å². The summed E-state index contributed by atoms with van der Waals surface area (Å²) >= 11 is 12.6. The lowest BCUT2D eigenvalue weighted by molar-refractivity contribution is -0.124. The molecule has 1 aromatic rings. The molecule has 2 heterocycles. The van der Waals surface area contributed by atoms with Gasteiger partial charge in [0.1, 0.15) is 5.75 Å². The van der Waals surface area contributed by atoms with Crippen LogP contribution in [0.1, 0.15) is 37.3 Å². The van der Waals surface area contributed by atoms with Crippen LogP contribution in [0.3, 0.4) is 0 Å². The van der Waals surface area contributed by atoms with Crippen LogP contribution in [-0.4, -0.2) is 44.4 Å². The molecule has 12 heteroatoms. The van der Waals surface area contributed by atoms with Crippen molar-refractivity contribution in [1.82, 2.24) is 10.2 Å². The average molecular weight is 475 g/mol. The molecule has 0 saturated carbocycles. The highest BCUT2D eigenvalue weighted by molar-refractivity contribution is 7.88. The molecular formula is C17H19Cl2F3N2O4S. The van der Waals surface area contributed by atoms with E-state index in [0.717, 1.165) is 44.5 Å². The molecule has 0 aliphatic carbocycles. The molecule has 0 aromatic heterocycles. The summed E-state index contributed by atoms with van der Waals surface area (Å²) in [6.45, 7) is 1.96. The molecule has 2 aliphatic heterocycles. The van der Waals surface area contributed by atoms with E-state index in [9.17, 15) is 26.4 Å². The van der Waals surface area contributed by atoms with E-state index in [0.29, 0.717) is 18.5 Å². The van der Waals surface area contributed by atoms with Gasteiger partial charge >= 0.3 is 15.6 Å². The normalized spacial score (nSPS) is 22.4. The minimum absolute atomic E-state index is 0.0554. The van der Waals surface area contributed by atoms with E-state index in [4.69, 9.17) is 23.2 Å². The Kier molecular flexibility index (Phi) is 6.57. The van der Waals surface area contributed by atoms with Crippen LogP contribution in [0.2, 0.25) is 10.0 Å². The monoisotopic (exact) mass is 474 g/mol. The average Bonchev–Trinajstić information content (AvgIpc) is 3.03. The van der Waals surface area contributed by atoms with E-state index in [1.165, 1.54) is 0 Å². The largest absolute Gasteiger partial charge is 0.534 e. The zero-order valence-electron chi connectivity index (χ0n) is 15.1. The number of alkyl halides is 3. The van der Waals surface area contributed by atoms with Gasteiger partial charge in [-0.15, -0.1) is 0 Å². The molecule has 2 unspecified atom stereocenters. The van der Waals surface area contributed by atoms with Gasteiger partial charge < -0.3 is 9.50 Å². The van der Waals surface area contributed by atoms with Crippen molar-refractivity contribution in [2.45, 2.75) is 37.2 Å². The molecule has 1 amide bonds. The summed E-state index contributed by atoms with van der Waals surface area (Å²) < 4.78 is 64.4. The van der Waals surface area contributed by atoms with E-state index in [1.807, 2.05) is 0 Å². The number of piperidine rings is 1. The molecule has 2 aliphatic rings. The Labute approximate surface area is 176 Å². The molecule has 0 spiro atoms. The molecule has 6 nitrogen and oxygen atoms in total. The summed E-state index contributed by atoms with van der Waals surface area (Å²) in [5.74, 6) is -1.21. The standard InChI is InChI=1S/C17H19Cl2F3N2O4S/c18-12-8-10(28-29(26,27)17(20,21)22)9-13(19)14(12)15(11-4-5-23-16(11)25)24-6-2-1-3-7-24/h8-9,11,15H,1-7H2,(H,23,25). The maximum Gasteiger partial charge on any atom is 0.534 e. The van der Waals surface area contributed by atoms with Gasteiger partial charge in [-0.3, -0.25) is 9.69 Å². The third-order valence-corrected chi connectivity index (χ3v) is 6.70. The number of benzene rings is 1. The van der Waals surface area contributed by atoms with Crippen LogP contribution in [0.25, 0.3) is 0 Å². The predicted octanol–water partition coefficient (Wildman–Crippen LogP) is 3.88. The lowest BCUT2D eigenvalue weighted by Gasteiger charge is -2.38. The lowest BCUT2D eigenvalue weighted by atomic mass is 9.88. The van der Waals surface area contributed by atoms with Crippen LogP contribution in [0, 0.1) is 5.92 Å². The summed E-state index contributed by atoms with van der Waals surface area (Å²) in [6, 6.07) is 1.50. The molecule has 1 aromatic carbocycles. The Balaban J connectivity index is 1.99. The Morgan fingerprint density at radius 2 is 1.72 bits per heavy atom. The van der Waals surface area contributed by atoms with Crippen LogP contribution in [0.4, 0.5) is 13.2 Å². The SMILES string of the molecule is O=C1NCCC1C(c1c(Cl)cc(OS(=O)(=O)C(F)(F)F)cc1Cl)N1CCCCC1. The molecule has 0 radical (unpaired) electrons. The van der Waals surface area contributed by atoms with Crippen molar-refractivity contribution in [1.29, 1.82) is 0 Å². The fourth-order valence-corrected chi connectivity index (χ4v) is 4.95. The molecule has 162 valence electrons. The number of hydrogen-bond acceptors (Lipinski definition) is 5. The first-order valence-corrected chi connectivity index (χ1v) is 11.2. The highest BCUT2D eigenvalue weighted by Gasteiger charge is 2.49. The second kappa shape index (κ2) is 8.49. The van der Waals surface area contributed by atoms with Gasteiger partial charge in [0.05, 0.1) is 16.0 Å². The van der Waals surface area contributed by atoms with Crippen molar-refractivity contribution in [2.24, 2.45) is 5.92 Å². The predicted molar refractivity (Wildman–Crippen MR) is 101 cm³/mol. The maximum atomic E-state index is 12.6. The highest BCUT2D eigenvalue weighted by Crippen LogP contribution is 2.44. The van der Waals surface area contributed by atoms with E-state index >= 15 is 0 Å². The van der Waals surface area contributed by atoms with Crippen LogP contribution in [0.5, 0.6) is 5.75 Å². The summed E-state index contributed by atoms with van der Waals surface area (Å²) in [5, 5.41) is 2.67. The molecule has 2 saturated heterocycles. The van der Waals surface area contributed by atoms with E-state index in [2.05, 4.69) is 14.4 Å². The van der Waals surface area contributed by atoms with Crippen molar-refractivity contribution in [2.75, 3.05) is 19.6 Å². The minimum Gasteiger partial charge on any atom is -0.376 e. The van der Waals surface area contributed by atoms with Crippen LogP contribution < -0.4 is 9.50 Å². The molecule has 2 atom stereocenters. The van der Waals surface area contributed by atoms with Gasteiger partial charge in [0.15, 0.2) is 0 Å². The second-order valence-electron chi connectivity index (χ2n) is 7.01. The van der Waals surface area contributed by atoms with E-state index < -0.39 is 33.3 Å². The molecule has 3 rings (SSSR count). The van der Waals surface area contributed by atoms with Gasteiger partial charge in [0, 0.05) is 30.3 Å². The Morgan fingerprint density at radius 1 is 1.14 bits per heavy atom. The maximum absolute atomic E-state index is 12.6. The van der Waals surface area contributed by atoms with E-state index in [1.54, 1.807) is 0 Å². The first-order chi connectivity index (χ1) is 13.5. The number of carbonyl (C=O) groups excluding carboxylic acids is 1. The first-order valence-electron chi connectivity index (χ1n) is 9.03. The zero-order chi connectivity index (χ0) is 21.4. The molecule has 29 heavy (non-hydrogen) atoms. The van der Waals surface area contributed by atoms with Crippen molar-refractivity contribution in [3.05, 3.63) is 27.7 Å². The molecule has 1 N–H and O–H groups in total. The minimum atomic E-state index is -5.85. The number of carbonyl (C=O) groups is 1. The number of amides is 1. The quantitative estimate of drug-likeness (QED) is 0.517. The Hall–Kier alpha value is -1.23. The van der Waals surface area contributed by atoms with Crippen LogP contribution in [-0.2, 0) is 14.9 Å². The number of nitrogens with one attached hydrogen (secondary N) is 1. The van der Waals surface area contributed by atoms with Gasteiger partial charge in [-0.25, -0.2) is 0 Å². The third kappa shape index (κ3) is 4.76.